The monoisotopic (exact) mass is 168 g/mol. The van der Waals surface area contributed by atoms with Crippen molar-refractivity contribution < 1.29 is 5.11 Å². The van der Waals surface area contributed by atoms with Crippen LogP contribution in [0.15, 0.2) is 11.6 Å². The van der Waals surface area contributed by atoms with E-state index in [1.54, 1.807) is 0 Å². The standard InChI is InChI=1S/C11H20O/c1-2-10(8-9-12)11-6-4-3-5-7-11/h8,11-12H,2-7,9H2,1H3/b10-8-. The van der Waals surface area contributed by atoms with Gasteiger partial charge in [0, 0.05) is 0 Å². The minimum absolute atomic E-state index is 0.222. The van der Waals surface area contributed by atoms with E-state index in [2.05, 4.69) is 6.92 Å². The molecule has 1 heteroatoms. The van der Waals surface area contributed by atoms with Crippen molar-refractivity contribution in [3.05, 3.63) is 11.6 Å². The van der Waals surface area contributed by atoms with E-state index in [1.807, 2.05) is 6.08 Å². The van der Waals surface area contributed by atoms with E-state index in [1.165, 1.54) is 37.7 Å². The van der Waals surface area contributed by atoms with E-state index in [0.29, 0.717) is 0 Å². The Labute approximate surface area is 75.5 Å². The van der Waals surface area contributed by atoms with Crippen LogP contribution in [0.2, 0.25) is 0 Å². The summed E-state index contributed by atoms with van der Waals surface area (Å²) >= 11 is 0. The van der Waals surface area contributed by atoms with Crippen LogP contribution in [0.4, 0.5) is 0 Å². The number of hydrogen-bond donors (Lipinski definition) is 1. The summed E-state index contributed by atoms with van der Waals surface area (Å²) in [7, 11) is 0. The first kappa shape index (κ1) is 9.79. The van der Waals surface area contributed by atoms with Crippen LogP contribution in [0.5, 0.6) is 0 Å². The van der Waals surface area contributed by atoms with Crippen LogP contribution in [0.25, 0.3) is 0 Å². The van der Waals surface area contributed by atoms with Gasteiger partial charge in [-0.15, -0.1) is 0 Å². The predicted molar refractivity (Wildman–Crippen MR) is 52.0 cm³/mol. The number of rotatable bonds is 3. The zero-order valence-electron chi connectivity index (χ0n) is 8.05. The molecule has 1 fully saturated rings. The van der Waals surface area contributed by atoms with Crippen LogP contribution in [-0.2, 0) is 0 Å². The summed E-state index contributed by atoms with van der Waals surface area (Å²) in [5.41, 5.74) is 1.48. The topological polar surface area (TPSA) is 20.2 Å². The van der Waals surface area contributed by atoms with Gasteiger partial charge in [-0.2, -0.15) is 0 Å². The molecule has 0 aromatic rings. The predicted octanol–water partition coefficient (Wildman–Crippen LogP) is 2.90. The van der Waals surface area contributed by atoms with E-state index in [9.17, 15) is 0 Å². The molecule has 0 radical (unpaired) electrons. The lowest BCUT2D eigenvalue weighted by atomic mass is 9.82. The molecular formula is C11H20O. The van der Waals surface area contributed by atoms with Crippen molar-refractivity contribution >= 4 is 0 Å². The van der Waals surface area contributed by atoms with Gasteiger partial charge in [-0.25, -0.2) is 0 Å². The molecular weight excluding hydrogens is 148 g/mol. The SMILES string of the molecule is CC/C(=C/CO)C1CCCCC1. The van der Waals surface area contributed by atoms with Crippen molar-refractivity contribution in [3.63, 3.8) is 0 Å². The molecule has 0 saturated heterocycles. The Kier molecular flexibility index (Phi) is 4.37. The summed E-state index contributed by atoms with van der Waals surface area (Å²) < 4.78 is 0. The van der Waals surface area contributed by atoms with Crippen molar-refractivity contribution in [1.82, 2.24) is 0 Å². The second-order valence-electron chi connectivity index (χ2n) is 3.65. The first-order valence-corrected chi connectivity index (χ1v) is 5.18. The molecule has 0 aromatic heterocycles. The number of aliphatic hydroxyl groups is 1. The summed E-state index contributed by atoms with van der Waals surface area (Å²) in [5, 5.41) is 8.82. The van der Waals surface area contributed by atoms with Gasteiger partial charge in [-0.1, -0.05) is 37.8 Å². The van der Waals surface area contributed by atoms with Crippen LogP contribution in [0.3, 0.4) is 0 Å². The summed E-state index contributed by atoms with van der Waals surface area (Å²) in [6.45, 7) is 2.41. The molecule has 1 nitrogen and oxygen atoms in total. The highest BCUT2D eigenvalue weighted by atomic mass is 16.2. The number of aliphatic hydroxyl groups excluding tert-OH is 1. The van der Waals surface area contributed by atoms with Crippen LogP contribution in [0.1, 0.15) is 45.4 Å². The molecule has 0 aromatic carbocycles. The molecule has 1 rings (SSSR count). The van der Waals surface area contributed by atoms with Gasteiger partial charge in [0.1, 0.15) is 0 Å². The molecule has 1 saturated carbocycles. The highest BCUT2D eigenvalue weighted by molar-refractivity contribution is 5.07. The molecule has 1 aliphatic carbocycles. The molecule has 0 atom stereocenters. The van der Waals surface area contributed by atoms with Gasteiger partial charge >= 0.3 is 0 Å². The van der Waals surface area contributed by atoms with Gasteiger partial charge in [-0.3, -0.25) is 0 Å². The number of allylic oxidation sites excluding steroid dienone is 1. The van der Waals surface area contributed by atoms with Gasteiger partial charge in [0.2, 0.25) is 0 Å². The summed E-state index contributed by atoms with van der Waals surface area (Å²) in [6, 6.07) is 0. The lowest BCUT2D eigenvalue weighted by Gasteiger charge is -2.23. The minimum atomic E-state index is 0.222. The van der Waals surface area contributed by atoms with Crippen molar-refractivity contribution in [2.75, 3.05) is 6.61 Å². The fraction of sp³-hybridized carbons (Fsp3) is 0.818. The van der Waals surface area contributed by atoms with E-state index in [0.717, 1.165) is 12.3 Å². The van der Waals surface area contributed by atoms with Gasteiger partial charge < -0.3 is 5.11 Å². The Morgan fingerprint density at radius 3 is 2.50 bits per heavy atom. The third-order valence-electron chi connectivity index (χ3n) is 2.89. The second-order valence-corrected chi connectivity index (χ2v) is 3.65. The quantitative estimate of drug-likeness (QED) is 0.642. The zero-order valence-corrected chi connectivity index (χ0v) is 8.05. The van der Waals surface area contributed by atoms with Crippen LogP contribution in [-0.4, -0.2) is 11.7 Å². The molecule has 0 aliphatic heterocycles. The van der Waals surface area contributed by atoms with Crippen LogP contribution >= 0.6 is 0 Å². The first-order valence-electron chi connectivity index (χ1n) is 5.18. The molecule has 1 aliphatic rings. The van der Waals surface area contributed by atoms with Crippen molar-refractivity contribution in [2.45, 2.75) is 45.4 Å². The zero-order chi connectivity index (χ0) is 8.81. The average Bonchev–Trinajstić information content (AvgIpc) is 2.15. The Balaban J connectivity index is 2.46. The van der Waals surface area contributed by atoms with Crippen LogP contribution < -0.4 is 0 Å². The molecule has 0 amide bonds. The molecule has 0 heterocycles. The highest BCUT2D eigenvalue weighted by Gasteiger charge is 2.15. The lowest BCUT2D eigenvalue weighted by molar-refractivity contribution is 0.335. The van der Waals surface area contributed by atoms with Gasteiger partial charge in [0.25, 0.3) is 0 Å². The molecule has 0 spiro atoms. The van der Waals surface area contributed by atoms with Crippen molar-refractivity contribution in [3.8, 4) is 0 Å². The molecule has 0 unspecified atom stereocenters. The average molecular weight is 168 g/mol. The largest absolute Gasteiger partial charge is 0.392 e. The maximum Gasteiger partial charge on any atom is 0.0615 e. The Hall–Kier alpha value is -0.300. The molecule has 12 heavy (non-hydrogen) atoms. The van der Waals surface area contributed by atoms with Gasteiger partial charge in [-0.05, 0) is 25.2 Å². The lowest BCUT2D eigenvalue weighted by Crippen LogP contribution is -2.09. The van der Waals surface area contributed by atoms with Crippen LogP contribution in [0, 0.1) is 5.92 Å². The molecule has 70 valence electrons. The first-order chi connectivity index (χ1) is 5.88. The van der Waals surface area contributed by atoms with Gasteiger partial charge in [0.05, 0.1) is 6.61 Å². The van der Waals surface area contributed by atoms with Gasteiger partial charge in [0.15, 0.2) is 0 Å². The highest BCUT2D eigenvalue weighted by Crippen LogP contribution is 2.30. The molecule has 0 bridgehead atoms. The third kappa shape index (κ3) is 2.63. The maximum absolute atomic E-state index is 8.82. The third-order valence-corrected chi connectivity index (χ3v) is 2.89. The van der Waals surface area contributed by atoms with E-state index < -0.39 is 0 Å². The van der Waals surface area contributed by atoms with E-state index in [-0.39, 0.29) is 6.61 Å². The fourth-order valence-electron chi connectivity index (χ4n) is 2.19. The van der Waals surface area contributed by atoms with Crippen molar-refractivity contribution in [2.24, 2.45) is 5.92 Å². The normalized spacial score (nSPS) is 21.3. The second kappa shape index (κ2) is 5.36. The summed E-state index contributed by atoms with van der Waals surface area (Å²) in [5.74, 6) is 0.788. The Morgan fingerprint density at radius 1 is 1.33 bits per heavy atom. The van der Waals surface area contributed by atoms with E-state index in [4.69, 9.17) is 5.11 Å². The Bertz CT molecular complexity index is 143. The smallest absolute Gasteiger partial charge is 0.0615 e. The summed E-state index contributed by atoms with van der Waals surface area (Å²) in [6.07, 6.45) is 9.99. The number of hydrogen-bond acceptors (Lipinski definition) is 1. The van der Waals surface area contributed by atoms with Crippen molar-refractivity contribution in [1.29, 1.82) is 0 Å². The maximum atomic E-state index is 8.82. The molecule has 1 N–H and O–H groups in total. The fourth-order valence-corrected chi connectivity index (χ4v) is 2.19. The Morgan fingerprint density at radius 2 is 2.00 bits per heavy atom. The minimum Gasteiger partial charge on any atom is -0.392 e. The summed E-state index contributed by atoms with van der Waals surface area (Å²) in [4.78, 5) is 0. The van der Waals surface area contributed by atoms with E-state index >= 15 is 0 Å².